The third kappa shape index (κ3) is 3.36. The molecular weight excluding hydrogens is 220 g/mol. The molecule has 0 heterocycles. The van der Waals surface area contributed by atoms with E-state index >= 15 is 0 Å². The summed E-state index contributed by atoms with van der Waals surface area (Å²) in [4.78, 5) is 0. The number of benzene rings is 2. The van der Waals surface area contributed by atoms with Crippen LogP contribution in [0.15, 0.2) is 54.6 Å². The second-order valence-electron chi connectivity index (χ2n) is 4.89. The molecule has 0 N–H and O–H groups in total. The van der Waals surface area contributed by atoms with Gasteiger partial charge in [-0.1, -0.05) is 62.4 Å². The van der Waals surface area contributed by atoms with E-state index in [9.17, 15) is 0 Å². The van der Waals surface area contributed by atoms with Crippen molar-refractivity contribution in [1.82, 2.24) is 0 Å². The summed E-state index contributed by atoms with van der Waals surface area (Å²) in [7, 11) is 0. The predicted octanol–water partition coefficient (Wildman–Crippen LogP) is 4.78. The van der Waals surface area contributed by atoms with Gasteiger partial charge in [0.15, 0.2) is 0 Å². The molecule has 18 heavy (non-hydrogen) atoms. The van der Waals surface area contributed by atoms with E-state index in [1.807, 2.05) is 18.2 Å². The molecule has 1 nitrogen and oxygen atoms in total. The third-order valence-electron chi connectivity index (χ3n) is 2.92. The van der Waals surface area contributed by atoms with Gasteiger partial charge in [-0.05, 0) is 24.0 Å². The molecule has 0 atom stereocenters. The van der Waals surface area contributed by atoms with E-state index < -0.39 is 0 Å². The summed E-state index contributed by atoms with van der Waals surface area (Å²) in [5, 5.41) is 0. The van der Waals surface area contributed by atoms with E-state index in [1.165, 1.54) is 11.1 Å². The Hall–Kier alpha value is -1.76. The van der Waals surface area contributed by atoms with Crippen LogP contribution in [0.4, 0.5) is 0 Å². The highest BCUT2D eigenvalue weighted by Gasteiger charge is 2.05. The fourth-order valence-corrected chi connectivity index (χ4v) is 1.85. The van der Waals surface area contributed by atoms with Crippen molar-refractivity contribution in [2.45, 2.75) is 20.3 Å². The maximum Gasteiger partial charge on any atom is 0.127 e. The van der Waals surface area contributed by atoms with E-state index in [0.29, 0.717) is 5.92 Å². The Balaban J connectivity index is 2.16. The summed E-state index contributed by atoms with van der Waals surface area (Å²) in [5.41, 5.74) is 2.37. The summed E-state index contributed by atoms with van der Waals surface area (Å²) in [6, 6.07) is 18.6. The Bertz CT molecular complexity index is 474. The van der Waals surface area contributed by atoms with Crippen molar-refractivity contribution in [1.29, 1.82) is 0 Å². The SMILES string of the molecule is CC(C)CCOc1ccccc1-c1ccccc1. The van der Waals surface area contributed by atoms with Crippen LogP contribution in [0.2, 0.25) is 0 Å². The van der Waals surface area contributed by atoms with Crippen LogP contribution in [0.1, 0.15) is 20.3 Å². The Labute approximate surface area is 109 Å². The smallest absolute Gasteiger partial charge is 0.127 e. The van der Waals surface area contributed by atoms with Gasteiger partial charge in [0.1, 0.15) is 5.75 Å². The zero-order valence-electron chi connectivity index (χ0n) is 11.1. The van der Waals surface area contributed by atoms with E-state index in [2.05, 4.69) is 50.2 Å². The molecule has 0 spiro atoms. The van der Waals surface area contributed by atoms with Crippen molar-refractivity contribution < 1.29 is 4.74 Å². The Morgan fingerprint density at radius 3 is 2.28 bits per heavy atom. The van der Waals surface area contributed by atoms with E-state index in [-0.39, 0.29) is 0 Å². The zero-order valence-corrected chi connectivity index (χ0v) is 11.1. The fourth-order valence-electron chi connectivity index (χ4n) is 1.85. The van der Waals surface area contributed by atoms with Gasteiger partial charge in [-0.15, -0.1) is 0 Å². The Kier molecular flexibility index (Phi) is 4.40. The summed E-state index contributed by atoms with van der Waals surface area (Å²) in [6.07, 6.45) is 1.09. The monoisotopic (exact) mass is 240 g/mol. The molecule has 0 fully saturated rings. The van der Waals surface area contributed by atoms with Gasteiger partial charge in [0.2, 0.25) is 0 Å². The molecule has 94 valence electrons. The summed E-state index contributed by atoms with van der Waals surface area (Å²) >= 11 is 0. The molecule has 0 amide bonds. The molecular formula is C17H20O. The lowest BCUT2D eigenvalue weighted by Gasteiger charge is -2.12. The lowest BCUT2D eigenvalue weighted by Crippen LogP contribution is -2.02. The van der Waals surface area contributed by atoms with Crippen molar-refractivity contribution in [2.24, 2.45) is 5.92 Å². The number of ether oxygens (including phenoxy) is 1. The van der Waals surface area contributed by atoms with Gasteiger partial charge in [0.25, 0.3) is 0 Å². The van der Waals surface area contributed by atoms with E-state index in [4.69, 9.17) is 4.74 Å². The third-order valence-corrected chi connectivity index (χ3v) is 2.92. The number of hydrogen-bond acceptors (Lipinski definition) is 1. The maximum atomic E-state index is 5.90. The van der Waals surface area contributed by atoms with Crippen LogP contribution in [0.3, 0.4) is 0 Å². The highest BCUT2D eigenvalue weighted by Crippen LogP contribution is 2.29. The Morgan fingerprint density at radius 2 is 1.56 bits per heavy atom. The normalized spacial score (nSPS) is 10.6. The quantitative estimate of drug-likeness (QED) is 0.731. The molecule has 0 aromatic heterocycles. The van der Waals surface area contributed by atoms with Crippen LogP contribution in [0.5, 0.6) is 5.75 Å². The van der Waals surface area contributed by atoms with Gasteiger partial charge in [-0.3, -0.25) is 0 Å². The average molecular weight is 240 g/mol. The fraction of sp³-hybridized carbons (Fsp3) is 0.294. The van der Waals surface area contributed by atoms with E-state index in [0.717, 1.165) is 18.8 Å². The first-order valence-corrected chi connectivity index (χ1v) is 6.54. The molecule has 0 bridgehead atoms. The highest BCUT2D eigenvalue weighted by atomic mass is 16.5. The summed E-state index contributed by atoms with van der Waals surface area (Å²) in [5.74, 6) is 1.65. The first-order chi connectivity index (χ1) is 8.77. The van der Waals surface area contributed by atoms with Crippen LogP contribution >= 0.6 is 0 Å². The molecule has 0 saturated carbocycles. The van der Waals surface area contributed by atoms with Gasteiger partial charge >= 0.3 is 0 Å². The first-order valence-electron chi connectivity index (χ1n) is 6.54. The lowest BCUT2D eigenvalue weighted by molar-refractivity contribution is 0.290. The second-order valence-corrected chi connectivity index (χ2v) is 4.89. The molecule has 0 aliphatic carbocycles. The van der Waals surface area contributed by atoms with Crippen LogP contribution in [0.25, 0.3) is 11.1 Å². The first kappa shape index (κ1) is 12.7. The van der Waals surface area contributed by atoms with Crippen molar-refractivity contribution >= 4 is 0 Å². The largest absolute Gasteiger partial charge is 0.493 e. The standard InChI is InChI=1S/C17H20O/c1-14(2)12-13-18-17-11-7-6-10-16(17)15-8-4-3-5-9-15/h3-11,14H,12-13H2,1-2H3. The molecule has 2 rings (SSSR count). The van der Waals surface area contributed by atoms with Crippen LogP contribution in [-0.4, -0.2) is 6.61 Å². The van der Waals surface area contributed by atoms with Crippen LogP contribution in [0, 0.1) is 5.92 Å². The number of para-hydroxylation sites is 1. The van der Waals surface area contributed by atoms with Crippen molar-refractivity contribution in [2.75, 3.05) is 6.61 Å². The molecule has 0 unspecified atom stereocenters. The van der Waals surface area contributed by atoms with Gasteiger partial charge in [0.05, 0.1) is 6.61 Å². The minimum atomic E-state index is 0.675. The van der Waals surface area contributed by atoms with Gasteiger partial charge in [-0.2, -0.15) is 0 Å². The number of hydrogen-bond donors (Lipinski definition) is 0. The topological polar surface area (TPSA) is 9.23 Å². The minimum Gasteiger partial charge on any atom is -0.493 e. The summed E-state index contributed by atoms with van der Waals surface area (Å²) < 4.78 is 5.90. The van der Waals surface area contributed by atoms with E-state index in [1.54, 1.807) is 0 Å². The minimum absolute atomic E-state index is 0.675. The van der Waals surface area contributed by atoms with Gasteiger partial charge in [0, 0.05) is 5.56 Å². The molecule has 0 radical (unpaired) electrons. The molecule has 1 heteroatoms. The van der Waals surface area contributed by atoms with Crippen LogP contribution < -0.4 is 4.74 Å². The number of rotatable bonds is 5. The molecule has 0 aliphatic rings. The van der Waals surface area contributed by atoms with Crippen molar-refractivity contribution in [3.8, 4) is 16.9 Å². The molecule has 2 aromatic carbocycles. The second kappa shape index (κ2) is 6.25. The Morgan fingerprint density at radius 1 is 0.889 bits per heavy atom. The van der Waals surface area contributed by atoms with Crippen molar-refractivity contribution in [3.05, 3.63) is 54.6 Å². The average Bonchev–Trinajstić information content (AvgIpc) is 2.40. The lowest BCUT2D eigenvalue weighted by atomic mass is 10.0. The molecule has 0 aliphatic heterocycles. The zero-order chi connectivity index (χ0) is 12.8. The molecule has 2 aromatic rings. The highest BCUT2D eigenvalue weighted by molar-refractivity contribution is 5.70. The summed E-state index contributed by atoms with van der Waals surface area (Å²) in [6.45, 7) is 5.21. The van der Waals surface area contributed by atoms with Crippen LogP contribution in [-0.2, 0) is 0 Å². The maximum absolute atomic E-state index is 5.90. The molecule has 0 saturated heterocycles. The van der Waals surface area contributed by atoms with Gasteiger partial charge in [-0.25, -0.2) is 0 Å². The van der Waals surface area contributed by atoms with Gasteiger partial charge < -0.3 is 4.74 Å². The van der Waals surface area contributed by atoms with Crippen molar-refractivity contribution in [3.63, 3.8) is 0 Å². The predicted molar refractivity (Wildman–Crippen MR) is 76.8 cm³/mol.